The first-order valence-corrected chi connectivity index (χ1v) is 9.12. The van der Waals surface area contributed by atoms with Crippen LogP contribution in [0.1, 0.15) is 48.3 Å². The molecule has 118 valence electrons. The van der Waals surface area contributed by atoms with Gasteiger partial charge in [0.15, 0.2) is 5.01 Å². The number of likely N-dealkylation sites (tertiary alicyclic amines) is 1. The number of nitrogens with one attached hydrogen (secondary N) is 1. The van der Waals surface area contributed by atoms with Crippen LogP contribution < -0.4 is 5.32 Å². The maximum atomic E-state index is 12.7. The number of amides is 1. The summed E-state index contributed by atoms with van der Waals surface area (Å²) in [7, 11) is 0. The largest absolute Gasteiger partial charge is 0.331 e. The van der Waals surface area contributed by atoms with E-state index in [4.69, 9.17) is 0 Å². The number of hydrogen-bond donors (Lipinski definition) is 1. The highest BCUT2D eigenvalue weighted by Crippen LogP contribution is 2.35. The minimum absolute atomic E-state index is 0.00464. The number of aromatic nitrogens is 1. The Morgan fingerprint density at radius 2 is 2.14 bits per heavy atom. The van der Waals surface area contributed by atoms with Crippen molar-refractivity contribution < 1.29 is 9.59 Å². The molecule has 3 fully saturated rings. The minimum Gasteiger partial charge on any atom is -0.331 e. The van der Waals surface area contributed by atoms with Gasteiger partial charge >= 0.3 is 0 Å². The third kappa shape index (κ3) is 2.38. The Hall–Kier alpha value is -1.27. The van der Waals surface area contributed by atoms with Crippen molar-refractivity contribution in [3.8, 4) is 0 Å². The molecule has 0 bridgehead atoms. The Morgan fingerprint density at radius 3 is 2.82 bits per heavy atom. The lowest BCUT2D eigenvalue weighted by Gasteiger charge is -2.40. The van der Waals surface area contributed by atoms with Crippen molar-refractivity contribution >= 4 is 23.0 Å². The zero-order chi connectivity index (χ0) is 15.1. The number of fused-ring (bicyclic) bond motifs is 1. The van der Waals surface area contributed by atoms with Crippen LogP contribution >= 0.6 is 11.3 Å². The molecule has 4 rings (SSSR count). The lowest BCUT2D eigenvalue weighted by molar-refractivity contribution is -0.139. The van der Waals surface area contributed by atoms with Crippen LogP contribution in [0.5, 0.6) is 0 Å². The highest BCUT2D eigenvalue weighted by atomic mass is 32.1. The first-order chi connectivity index (χ1) is 10.7. The van der Waals surface area contributed by atoms with Crippen molar-refractivity contribution in [2.24, 2.45) is 5.92 Å². The van der Waals surface area contributed by atoms with E-state index in [0.29, 0.717) is 23.5 Å². The Labute approximate surface area is 134 Å². The van der Waals surface area contributed by atoms with Crippen LogP contribution in [0.2, 0.25) is 0 Å². The van der Waals surface area contributed by atoms with Crippen molar-refractivity contribution in [2.45, 2.75) is 56.7 Å². The predicted molar refractivity (Wildman–Crippen MR) is 83.8 cm³/mol. The number of hydrogen-bond acceptors (Lipinski definition) is 5. The van der Waals surface area contributed by atoms with Gasteiger partial charge in [-0.2, -0.15) is 0 Å². The minimum atomic E-state index is -0.289. The zero-order valence-corrected chi connectivity index (χ0v) is 13.3. The molecule has 22 heavy (non-hydrogen) atoms. The van der Waals surface area contributed by atoms with Crippen LogP contribution in [0.15, 0.2) is 11.6 Å². The lowest BCUT2D eigenvalue weighted by Crippen LogP contribution is -2.59. The second-order valence-corrected chi connectivity index (χ2v) is 7.54. The molecule has 1 aliphatic carbocycles. The molecule has 3 heterocycles. The Bertz CT molecular complexity index is 560. The molecule has 5 nitrogen and oxygen atoms in total. The Kier molecular flexibility index (Phi) is 3.74. The van der Waals surface area contributed by atoms with Crippen LogP contribution in [0.4, 0.5) is 0 Å². The van der Waals surface area contributed by atoms with Crippen LogP contribution in [0.25, 0.3) is 0 Å². The topological polar surface area (TPSA) is 62.3 Å². The molecule has 0 radical (unpaired) electrons. The number of thiazole rings is 1. The quantitative estimate of drug-likeness (QED) is 0.864. The van der Waals surface area contributed by atoms with Crippen LogP contribution in [0, 0.1) is 5.92 Å². The van der Waals surface area contributed by atoms with Crippen molar-refractivity contribution in [1.82, 2.24) is 15.2 Å². The third-order valence-electron chi connectivity index (χ3n) is 5.41. The van der Waals surface area contributed by atoms with Gasteiger partial charge in [0.2, 0.25) is 11.7 Å². The normalized spacial score (nSPS) is 34.1. The van der Waals surface area contributed by atoms with E-state index < -0.39 is 0 Å². The second-order valence-electron chi connectivity index (χ2n) is 6.64. The number of carbonyl (C=O) groups is 2. The maximum absolute atomic E-state index is 12.7. The van der Waals surface area contributed by atoms with Gasteiger partial charge in [-0.3, -0.25) is 9.59 Å². The fraction of sp³-hybridized carbons (Fsp3) is 0.688. The fourth-order valence-electron chi connectivity index (χ4n) is 4.12. The van der Waals surface area contributed by atoms with Crippen LogP contribution in [0.3, 0.4) is 0 Å². The summed E-state index contributed by atoms with van der Waals surface area (Å²) < 4.78 is 0. The molecule has 6 heteroatoms. The number of ketones is 1. The van der Waals surface area contributed by atoms with E-state index in [1.165, 1.54) is 37.0 Å². The molecule has 1 aromatic rings. The van der Waals surface area contributed by atoms with Crippen LogP contribution in [-0.2, 0) is 4.79 Å². The highest BCUT2D eigenvalue weighted by molar-refractivity contribution is 7.11. The summed E-state index contributed by atoms with van der Waals surface area (Å²) in [4.78, 5) is 31.0. The van der Waals surface area contributed by atoms with Gasteiger partial charge in [-0.25, -0.2) is 4.98 Å². The monoisotopic (exact) mass is 319 g/mol. The fourth-order valence-corrected chi connectivity index (χ4v) is 4.75. The van der Waals surface area contributed by atoms with E-state index in [1.807, 2.05) is 0 Å². The second kappa shape index (κ2) is 5.74. The molecule has 2 aliphatic heterocycles. The first kappa shape index (κ1) is 14.3. The number of Topliss-reactive ketones (excluding diaryl/α,β-unsaturated/α-hetero) is 1. The zero-order valence-electron chi connectivity index (χ0n) is 12.5. The van der Waals surface area contributed by atoms with Gasteiger partial charge in [-0.05, 0) is 31.6 Å². The van der Waals surface area contributed by atoms with Crippen molar-refractivity contribution in [2.75, 3.05) is 6.54 Å². The number of nitrogens with zero attached hydrogens (tertiary/aromatic N) is 2. The van der Waals surface area contributed by atoms with E-state index in [2.05, 4.69) is 10.3 Å². The van der Waals surface area contributed by atoms with Crippen molar-refractivity contribution in [3.05, 3.63) is 16.6 Å². The molecule has 0 aromatic carbocycles. The molecule has 1 aromatic heterocycles. The average Bonchev–Trinajstić information content (AvgIpc) is 3.15. The van der Waals surface area contributed by atoms with E-state index >= 15 is 0 Å². The summed E-state index contributed by atoms with van der Waals surface area (Å²) in [5.41, 5.74) is 0. The average molecular weight is 319 g/mol. The van der Waals surface area contributed by atoms with E-state index in [9.17, 15) is 9.59 Å². The first-order valence-electron chi connectivity index (χ1n) is 8.24. The van der Waals surface area contributed by atoms with Crippen molar-refractivity contribution in [1.29, 1.82) is 0 Å². The molecular weight excluding hydrogens is 298 g/mol. The Balaban J connectivity index is 1.42. The Morgan fingerprint density at radius 1 is 1.27 bits per heavy atom. The summed E-state index contributed by atoms with van der Waals surface area (Å²) in [6.45, 7) is 0.703. The van der Waals surface area contributed by atoms with Gasteiger partial charge in [0.05, 0.1) is 12.1 Å². The smallest absolute Gasteiger partial charge is 0.240 e. The summed E-state index contributed by atoms with van der Waals surface area (Å²) in [6.07, 6.45) is 8.34. The SMILES string of the molecule is O=C(c1nccs1)[C@H]1CCN1C(=O)[C@@H]1C[C@@H]2CCCC[C@@H]2N1. The third-order valence-corrected chi connectivity index (χ3v) is 6.20. The molecule has 0 unspecified atom stereocenters. The number of carbonyl (C=O) groups excluding carboxylic acids is 2. The molecular formula is C16H21N3O2S. The van der Waals surface area contributed by atoms with E-state index in [0.717, 1.165) is 12.8 Å². The van der Waals surface area contributed by atoms with Gasteiger partial charge in [0.1, 0.15) is 0 Å². The molecule has 3 aliphatic rings. The highest BCUT2D eigenvalue weighted by Gasteiger charge is 2.45. The summed E-state index contributed by atoms with van der Waals surface area (Å²) in [5.74, 6) is 0.776. The summed E-state index contributed by atoms with van der Waals surface area (Å²) in [6, 6.07) is 0.139. The van der Waals surface area contributed by atoms with Gasteiger partial charge in [-0.15, -0.1) is 11.3 Å². The van der Waals surface area contributed by atoms with Gasteiger partial charge < -0.3 is 10.2 Å². The molecule has 2 saturated heterocycles. The maximum Gasteiger partial charge on any atom is 0.240 e. The number of rotatable bonds is 3. The molecule has 1 N–H and O–H groups in total. The van der Waals surface area contributed by atoms with E-state index in [1.54, 1.807) is 16.5 Å². The van der Waals surface area contributed by atoms with Crippen LogP contribution in [-0.4, -0.2) is 46.2 Å². The van der Waals surface area contributed by atoms with Crippen molar-refractivity contribution in [3.63, 3.8) is 0 Å². The molecule has 0 spiro atoms. The predicted octanol–water partition coefficient (Wildman–Crippen LogP) is 1.85. The molecule has 1 amide bonds. The molecule has 4 atom stereocenters. The summed E-state index contributed by atoms with van der Waals surface area (Å²) >= 11 is 1.36. The lowest BCUT2D eigenvalue weighted by atomic mass is 9.85. The van der Waals surface area contributed by atoms with Gasteiger partial charge in [0, 0.05) is 24.2 Å². The summed E-state index contributed by atoms with van der Waals surface area (Å²) in [5, 5.41) is 5.85. The van der Waals surface area contributed by atoms with Gasteiger partial charge in [-0.1, -0.05) is 12.8 Å². The van der Waals surface area contributed by atoms with E-state index in [-0.39, 0.29) is 23.8 Å². The van der Waals surface area contributed by atoms with Gasteiger partial charge in [0.25, 0.3) is 0 Å². The standard InChI is InChI=1S/C16H21N3O2S/c20-14(15-17-6-8-22-15)13-5-7-19(13)16(21)12-9-10-3-1-2-4-11(10)18-12/h6,8,10-13,18H,1-5,7,9H2/t10-,11-,12-,13+/m0/s1. The molecule has 1 saturated carbocycles.